The first kappa shape index (κ1) is 10.4. The van der Waals surface area contributed by atoms with Gasteiger partial charge in [-0.05, 0) is 17.7 Å². The van der Waals surface area contributed by atoms with Crippen LogP contribution in [-0.4, -0.2) is 6.36 Å². The molecular formula is C9H8F3NO. The second kappa shape index (κ2) is 3.61. The predicted octanol–water partition coefficient (Wildman–Crippen LogP) is 2.81. The third-order valence-electron chi connectivity index (χ3n) is 1.51. The highest BCUT2D eigenvalue weighted by molar-refractivity contribution is 5.65. The molecule has 0 amide bonds. The van der Waals surface area contributed by atoms with E-state index in [2.05, 4.69) is 11.3 Å². The van der Waals surface area contributed by atoms with Gasteiger partial charge in [-0.3, -0.25) is 0 Å². The first-order valence-corrected chi connectivity index (χ1v) is 3.70. The number of nitrogen functional groups attached to an aromatic ring is 1. The summed E-state index contributed by atoms with van der Waals surface area (Å²) in [5, 5.41) is 0. The van der Waals surface area contributed by atoms with Crippen LogP contribution in [0.2, 0.25) is 0 Å². The van der Waals surface area contributed by atoms with Crippen LogP contribution in [0.5, 0.6) is 5.75 Å². The number of alkyl halides is 3. The maximum absolute atomic E-state index is 11.8. The molecule has 76 valence electrons. The fourth-order valence-corrected chi connectivity index (χ4v) is 0.936. The Kier molecular flexibility index (Phi) is 2.69. The number of nitrogens with two attached hydrogens (primary N) is 1. The van der Waals surface area contributed by atoms with Gasteiger partial charge in [-0.1, -0.05) is 12.7 Å². The molecule has 0 radical (unpaired) electrons. The highest BCUT2D eigenvalue weighted by Gasteiger charge is 2.31. The average molecular weight is 203 g/mol. The fraction of sp³-hybridized carbons (Fsp3) is 0.111. The summed E-state index contributed by atoms with van der Waals surface area (Å²) in [5.41, 5.74) is 6.20. The molecule has 2 N–H and O–H groups in total. The Morgan fingerprint density at radius 1 is 1.36 bits per heavy atom. The smallest absolute Gasteiger partial charge is 0.406 e. The van der Waals surface area contributed by atoms with E-state index in [1.54, 1.807) is 0 Å². The van der Waals surface area contributed by atoms with Gasteiger partial charge in [0.2, 0.25) is 0 Å². The summed E-state index contributed by atoms with van der Waals surface area (Å²) in [7, 11) is 0. The Balaban J connectivity index is 2.92. The van der Waals surface area contributed by atoms with E-state index < -0.39 is 6.36 Å². The van der Waals surface area contributed by atoms with Gasteiger partial charge in [0, 0.05) is 11.8 Å². The molecule has 0 saturated heterocycles. The van der Waals surface area contributed by atoms with Gasteiger partial charge in [0.15, 0.2) is 0 Å². The number of hydrogen-bond donors (Lipinski definition) is 1. The van der Waals surface area contributed by atoms with Crippen LogP contribution in [0.3, 0.4) is 0 Å². The van der Waals surface area contributed by atoms with Gasteiger partial charge in [0.25, 0.3) is 0 Å². The molecule has 14 heavy (non-hydrogen) atoms. The molecule has 5 heteroatoms. The van der Waals surface area contributed by atoms with Crippen molar-refractivity contribution >= 4 is 11.8 Å². The third-order valence-corrected chi connectivity index (χ3v) is 1.51. The molecule has 0 aliphatic rings. The van der Waals surface area contributed by atoms with E-state index in [4.69, 9.17) is 5.73 Å². The average Bonchev–Trinajstić information content (AvgIpc) is 2.01. The number of halogens is 3. The van der Waals surface area contributed by atoms with Crippen molar-refractivity contribution < 1.29 is 17.9 Å². The molecular weight excluding hydrogens is 195 g/mol. The molecule has 0 saturated carbocycles. The van der Waals surface area contributed by atoms with Gasteiger partial charge in [-0.15, -0.1) is 13.2 Å². The van der Waals surface area contributed by atoms with E-state index in [0.717, 1.165) is 6.07 Å². The fourth-order valence-electron chi connectivity index (χ4n) is 0.936. The van der Waals surface area contributed by atoms with Crippen molar-refractivity contribution in [2.45, 2.75) is 6.36 Å². The molecule has 1 aromatic rings. The van der Waals surface area contributed by atoms with Crippen molar-refractivity contribution in [2.24, 2.45) is 0 Å². The largest absolute Gasteiger partial charge is 0.573 e. The lowest BCUT2D eigenvalue weighted by molar-refractivity contribution is -0.274. The number of anilines is 1. The SMILES string of the molecule is C=Cc1ccc(OC(F)(F)F)cc1N. The molecule has 1 rings (SSSR count). The van der Waals surface area contributed by atoms with E-state index in [1.807, 2.05) is 0 Å². The van der Waals surface area contributed by atoms with Crippen molar-refractivity contribution in [3.8, 4) is 5.75 Å². The number of ether oxygens (including phenoxy) is 1. The summed E-state index contributed by atoms with van der Waals surface area (Å²) in [4.78, 5) is 0. The second-order valence-electron chi connectivity index (χ2n) is 2.54. The topological polar surface area (TPSA) is 35.2 Å². The van der Waals surface area contributed by atoms with Gasteiger partial charge in [0.1, 0.15) is 5.75 Å². The summed E-state index contributed by atoms with van der Waals surface area (Å²) >= 11 is 0. The first-order valence-electron chi connectivity index (χ1n) is 3.70. The van der Waals surface area contributed by atoms with Gasteiger partial charge in [-0.2, -0.15) is 0 Å². The summed E-state index contributed by atoms with van der Waals surface area (Å²) in [6, 6.07) is 3.69. The Morgan fingerprint density at radius 2 is 2.00 bits per heavy atom. The number of benzene rings is 1. The summed E-state index contributed by atoms with van der Waals surface area (Å²) in [6.45, 7) is 3.45. The van der Waals surface area contributed by atoms with Crippen LogP contribution < -0.4 is 10.5 Å². The van der Waals surface area contributed by atoms with Gasteiger partial charge in [0.05, 0.1) is 0 Å². The maximum Gasteiger partial charge on any atom is 0.573 e. The Hall–Kier alpha value is -1.65. The molecule has 0 spiro atoms. The highest BCUT2D eigenvalue weighted by atomic mass is 19.4. The van der Waals surface area contributed by atoms with Crippen molar-refractivity contribution in [3.63, 3.8) is 0 Å². The van der Waals surface area contributed by atoms with Crippen LogP contribution in [0.4, 0.5) is 18.9 Å². The molecule has 0 bridgehead atoms. The molecule has 0 atom stereocenters. The van der Waals surface area contributed by atoms with Gasteiger partial charge >= 0.3 is 6.36 Å². The standard InChI is InChI=1S/C9H8F3NO/c1-2-6-3-4-7(5-8(6)13)14-9(10,11)12/h2-5H,1,13H2. The van der Waals surface area contributed by atoms with Crippen molar-refractivity contribution in [1.29, 1.82) is 0 Å². The zero-order valence-corrected chi connectivity index (χ0v) is 7.14. The zero-order valence-electron chi connectivity index (χ0n) is 7.14. The molecule has 0 fully saturated rings. The minimum atomic E-state index is -4.69. The normalized spacial score (nSPS) is 11.1. The number of hydrogen-bond acceptors (Lipinski definition) is 2. The monoisotopic (exact) mass is 203 g/mol. The molecule has 0 aliphatic carbocycles. The van der Waals surface area contributed by atoms with Crippen LogP contribution in [0.15, 0.2) is 24.8 Å². The van der Waals surface area contributed by atoms with E-state index in [-0.39, 0.29) is 11.4 Å². The minimum absolute atomic E-state index is 0.196. The van der Waals surface area contributed by atoms with Crippen molar-refractivity contribution in [1.82, 2.24) is 0 Å². The van der Waals surface area contributed by atoms with Crippen LogP contribution in [0, 0.1) is 0 Å². The molecule has 0 unspecified atom stereocenters. The summed E-state index contributed by atoms with van der Waals surface area (Å²) < 4.78 is 39.0. The van der Waals surface area contributed by atoms with E-state index in [9.17, 15) is 13.2 Å². The van der Waals surface area contributed by atoms with Gasteiger partial charge < -0.3 is 10.5 Å². The molecule has 0 aromatic heterocycles. The van der Waals surface area contributed by atoms with Crippen LogP contribution in [-0.2, 0) is 0 Å². The van der Waals surface area contributed by atoms with Gasteiger partial charge in [-0.25, -0.2) is 0 Å². The summed E-state index contributed by atoms with van der Waals surface area (Å²) in [5.74, 6) is -0.333. The van der Waals surface area contributed by atoms with Crippen LogP contribution >= 0.6 is 0 Å². The minimum Gasteiger partial charge on any atom is -0.406 e. The van der Waals surface area contributed by atoms with Crippen LogP contribution in [0.1, 0.15) is 5.56 Å². The Bertz CT molecular complexity index is 346. The second-order valence-corrected chi connectivity index (χ2v) is 2.54. The highest BCUT2D eigenvalue weighted by Crippen LogP contribution is 2.26. The van der Waals surface area contributed by atoms with E-state index in [0.29, 0.717) is 5.56 Å². The molecule has 1 aromatic carbocycles. The Morgan fingerprint density at radius 3 is 2.43 bits per heavy atom. The molecule has 0 aliphatic heterocycles. The first-order chi connectivity index (χ1) is 6.42. The lowest BCUT2D eigenvalue weighted by Crippen LogP contribution is -2.17. The molecule has 2 nitrogen and oxygen atoms in total. The van der Waals surface area contributed by atoms with Crippen molar-refractivity contribution in [2.75, 3.05) is 5.73 Å². The van der Waals surface area contributed by atoms with E-state index in [1.165, 1.54) is 18.2 Å². The summed E-state index contributed by atoms with van der Waals surface area (Å²) in [6.07, 6.45) is -3.24. The number of rotatable bonds is 2. The quantitative estimate of drug-likeness (QED) is 0.750. The zero-order chi connectivity index (χ0) is 10.8. The van der Waals surface area contributed by atoms with Crippen LogP contribution in [0.25, 0.3) is 6.08 Å². The van der Waals surface area contributed by atoms with Crippen molar-refractivity contribution in [3.05, 3.63) is 30.3 Å². The van der Waals surface area contributed by atoms with E-state index >= 15 is 0 Å². The maximum atomic E-state index is 11.8. The predicted molar refractivity (Wildman–Crippen MR) is 47.6 cm³/mol. The third kappa shape index (κ3) is 2.69. The Labute approximate surface area is 78.8 Å². The molecule has 0 heterocycles. The lowest BCUT2D eigenvalue weighted by Gasteiger charge is -2.09. The lowest BCUT2D eigenvalue weighted by atomic mass is 10.2.